The summed E-state index contributed by atoms with van der Waals surface area (Å²) < 4.78 is 5.85. The number of hydrogen-bond donors (Lipinski definition) is 1. The van der Waals surface area contributed by atoms with Crippen LogP contribution in [0.3, 0.4) is 0 Å². The normalized spacial score (nSPS) is 15.7. The fourth-order valence-electron chi connectivity index (χ4n) is 4.34. The molecule has 0 amide bonds. The average Bonchev–Trinajstić information content (AvgIpc) is 3.03. The van der Waals surface area contributed by atoms with Crippen molar-refractivity contribution in [1.82, 2.24) is 0 Å². The molecule has 156 valence electrons. The number of carbonyl (C=O) groups excluding carboxylic acids is 1. The number of Topliss-reactive ketones (excluding diaryl/α,β-unsaturated/α-hetero) is 1. The van der Waals surface area contributed by atoms with E-state index in [0.717, 1.165) is 47.3 Å². The first-order valence-electron chi connectivity index (χ1n) is 9.70. The van der Waals surface area contributed by atoms with Gasteiger partial charge in [-0.3, -0.25) is 4.79 Å². The van der Waals surface area contributed by atoms with Crippen molar-refractivity contribution in [2.24, 2.45) is 0 Å². The van der Waals surface area contributed by atoms with Gasteiger partial charge in [-0.1, -0.05) is 37.6 Å². The van der Waals surface area contributed by atoms with Gasteiger partial charge in [0.05, 0.1) is 6.61 Å². The summed E-state index contributed by atoms with van der Waals surface area (Å²) in [5.41, 5.74) is 7.30. The van der Waals surface area contributed by atoms with Crippen LogP contribution in [0.1, 0.15) is 59.3 Å². The number of aryl methyl sites for hydroxylation is 1. The van der Waals surface area contributed by atoms with Crippen LogP contribution in [0.5, 0.6) is 5.75 Å². The minimum absolute atomic E-state index is 0. The van der Waals surface area contributed by atoms with E-state index in [2.05, 4.69) is 39.0 Å². The molecule has 5 nitrogen and oxygen atoms in total. The Hall–Kier alpha value is -2.47. The summed E-state index contributed by atoms with van der Waals surface area (Å²) in [5, 5.41) is 8.90. The Morgan fingerprint density at radius 1 is 1.03 bits per heavy atom. The SMILES string of the molecule is Cc1ccc2c(c1)C1=C(C2)C(C)(C)c2cc(OCCCCO)ccc2C1=O.O.O. The van der Waals surface area contributed by atoms with Gasteiger partial charge in [0.1, 0.15) is 5.75 Å². The number of hydrogen-bond acceptors (Lipinski definition) is 3. The predicted octanol–water partition coefficient (Wildman–Crippen LogP) is 2.98. The molecule has 2 aliphatic rings. The number of aliphatic hydroxyl groups is 1. The highest BCUT2D eigenvalue weighted by Gasteiger charge is 2.42. The summed E-state index contributed by atoms with van der Waals surface area (Å²) in [5.74, 6) is 0.929. The van der Waals surface area contributed by atoms with E-state index >= 15 is 0 Å². The van der Waals surface area contributed by atoms with Crippen LogP contribution in [0, 0.1) is 6.92 Å². The number of allylic oxidation sites excluding steroid dienone is 2. The molecular weight excluding hydrogens is 368 g/mol. The molecule has 0 atom stereocenters. The number of aliphatic hydroxyl groups excluding tert-OH is 1. The lowest BCUT2D eigenvalue weighted by Crippen LogP contribution is -2.29. The number of ether oxygens (including phenoxy) is 1. The van der Waals surface area contributed by atoms with Crippen molar-refractivity contribution in [3.63, 3.8) is 0 Å². The van der Waals surface area contributed by atoms with Crippen LogP contribution in [0.15, 0.2) is 42.0 Å². The first-order valence-corrected chi connectivity index (χ1v) is 9.70. The van der Waals surface area contributed by atoms with E-state index in [4.69, 9.17) is 9.84 Å². The third-order valence-electron chi connectivity index (χ3n) is 5.92. The van der Waals surface area contributed by atoms with E-state index in [9.17, 15) is 4.79 Å². The third-order valence-corrected chi connectivity index (χ3v) is 5.92. The Labute approximate surface area is 171 Å². The van der Waals surface area contributed by atoms with E-state index in [1.165, 1.54) is 16.7 Å². The minimum atomic E-state index is -0.212. The quantitative estimate of drug-likeness (QED) is 0.782. The number of fused-ring (bicyclic) bond motifs is 3. The van der Waals surface area contributed by atoms with Gasteiger partial charge in [0.2, 0.25) is 0 Å². The van der Waals surface area contributed by atoms with Gasteiger partial charge in [0.25, 0.3) is 0 Å². The zero-order valence-corrected chi connectivity index (χ0v) is 17.3. The van der Waals surface area contributed by atoms with Crippen LogP contribution in [0.2, 0.25) is 0 Å². The Morgan fingerprint density at radius 2 is 1.79 bits per heavy atom. The van der Waals surface area contributed by atoms with Crippen LogP contribution >= 0.6 is 0 Å². The van der Waals surface area contributed by atoms with Crippen LogP contribution in [0.25, 0.3) is 5.57 Å². The topological polar surface area (TPSA) is 110 Å². The maximum atomic E-state index is 13.3. The number of unbranched alkanes of at least 4 members (excludes halogenated alkanes) is 1. The minimum Gasteiger partial charge on any atom is -0.494 e. The Kier molecular flexibility index (Phi) is 6.68. The molecule has 0 aromatic heterocycles. The zero-order valence-electron chi connectivity index (χ0n) is 17.3. The molecule has 0 radical (unpaired) electrons. The summed E-state index contributed by atoms with van der Waals surface area (Å²) >= 11 is 0. The second-order valence-electron chi connectivity index (χ2n) is 8.13. The number of benzene rings is 2. The molecule has 0 saturated heterocycles. The second kappa shape index (κ2) is 8.49. The first-order chi connectivity index (χ1) is 12.9. The van der Waals surface area contributed by atoms with E-state index in [-0.39, 0.29) is 28.8 Å². The molecule has 2 aromatic carbocycles. The van der Waals surface area contributed by atoms with Crippen LogP contribution < -0.4 is 4.74 Å². The molecule has 0 bridgehead atoms. The van der Waals surface area contributed by atoms with Gasteiger partial charge in [-0.15, -0.1) is 0 Å². The van der Waals surface area contributed by atoms with Gasteiger partial charge >= 0.3 is 0 Å². The smallest absolute Gasteiger partial charge is 0.193 e. The van der Waals surface area contributed by atoms with Crippen molar-refractivity contribution < 1.29 is 25.6 Å². The molecule has 0 unspecified atom stereocenters. The van der Waals surface area contributed by atoms with Gasteiger partial charge in [0.15, 0.2) is 5.78 Å². The van der Waals surface area contributed by atoms with Gasteiger partial charge in [-0.05, 0) is 66.6 Å². The van der Waals surface area contributed by atoms with Crippen molar-refractivity contribution >= 4 is 11.4 Å². The van der Waals surface area contributed by atoms with Crippen molar-refractivity contribution in [1.29, 1.82) is 0 Å². The molecule has 0 fully saturated rings. The fourth-order valence-corrected chi connectivity index (χ4v) is 4.34. The van der Waals surface area contributed by atoms with Gasteiger partial charge in [-0.2, -0.15) is 0 Å². The van der Waals surface area contributed by atoms with Gasteiger partial charge < -0.3 is 20.8 Å². The Bertz CT molecular complexity index is 956. The summed E-state index contributed by atoms with van der Waals surface area (Å²) in [4.78, 5) is 13.3. The third kappa shape index (κ3) is 3.73. The zero-order chi connectivity index (χ0) is 19.2. The highest BCUT2D eigenvalue weighted by Crippen LogP contribution is 2.50. The molecule has 0 spiro atoms. The summed E-state index contributed by atoms with van der Waals surface area (Å²) in [7, 11) is 0. The average molecular weight is 398 g/mol. The highest BCUT2D eigenvalue weighted by atomic mass is 16.5. The fraction of sp³-hybridized carbons (Fsp3) is 0.375. The molecule has 0 saturated carbocycles. The lowest BCUT2D eigenvalue weighted by Gasteiger charge is -2.34. The maximum absolute atomic E-state index is 13.3. The van der Waals surface area contributed by atoms with E-state index in [0.29, 0.717) is 6.61 Å². The molecule has 5 heteroatoms. The monoisotopic (exact) mass is 398 g/mol. The Balaban J connectivity index is 0.00000150. The largest absolute Gasteiger partial charge is 0.494 e. The maximum Gasteiger partial charge on any atom is 0.193 e. The van der Waals surface area contributed by atoms with Gasteiger partial charge in [-0.25, -0.2) is 0 Å². The van der Waals surface area contributed by atoms with Crippen molar-refractivity contribution in [3.8, 4) is 5.75 Å². The number of rotatable bonds is 5. The molecule has 0 heterocycles. The number of ketones is 1. The van der Waals surface area contributed by atoms with E-state index < -0.39 is 0 Å². The molecule has 29 heavy (non-hydrogen) atoms. The Morgan fingerprint density at radius 3 is 2.52 bits per heavy atom. The van der Waals surface area contributed by atoms with E-state index in [1.54, 1.807) is 0 Å². The second-order valence-corrected chi connectivity index (χ2v) is 8.13. The van der Waals surface area contributed by atoms with Crippen molar-refractivity contribution in [2.45, 2.75) is 45.4 Å². The van der Waals surface area contributed by atoms with Crippen LogP contribution in [0.4, 0.5) is 0 Å². The van der Waals surface area contributed by atoms with Crippen LogP contribution in [-0.2, 0) is 11.8 Å². The van der Waals surface area contributed by atoms with Gasteiger partial charge in [0, 0.05) is 23.2 Å². The summed E-state index contributed by atoms with van der Waals surface area (Å²) in [6.07, 6.45) is 2.40. The van der Waals surface area contributed by atoms with Crippen LogP contribution in [-0.4, -0.2) is 35.1 Å². The lowest BCUT2D eigenvalue weighted by molar-refractivity contribution is 0.105. The molecule has 4 rings (SSSR count). The van der Waals surface area contributed by atoms with Crippen molar-refractivity contribution in [3.05, 3.63) is 69.8 Å². The molecule has 0 aliphatic heterocycles. The standard InChI is InChI=1S/C24H26O3.2H2O/c1-15-6-7-16-13-21-22(19(16)12-15)23(26)18-9-8-17(27-11-5-4-10-25)14-20(18)24(21,2)3;;/h6-9,12,14,25H,4-5,10-11,13H2,1-3H3;2*1H2. The lowest BCUT2D eigenvalue weighted by atomic mass is 9.68. The highest BCUT2D eigenvalue weighted by molar-refractivity contribution is 6.33. The molecular formula is C24H30O5. The molecule has 2 aliphatic carbocycles. The molecule has 2 aromatic rings. The van der Waals surface area contributed by atoms with Crippen molar-refractivity contribution in [2.75, 3.05) is 13.2 Å². The summed E-state index contributed by atoms with van der Waals surface area (Å²) in [6, 6.07) is 12.3. The molecule has 5 N–H and O–H groups in total. The predicted molar refractivity (Wildman–Crippen MR) is 115 cm³/mol. The number of carbonyl (C=O) groups is 1. The summed E-state index contributed by atoms with van der Waals surface area (Å²) in [6.45, 7) is 7.26. The first kappa shape index (κ1) is 22.8. The van der Waals surface area contributed by atoms with E-state index in [1.807, 2.05) is 18.2 Å².